The van der Waals surface area contributed by atoms with Gasteiger partial charge in [0.2, 0.25) is 0 Å². The highest BCUT2D eigenvalue weighted by molar-refractivity contribution is 5.98. The number of rotatable bonds is 6. The maximum absolute atomic E-state index is 12.1. The van der Waals surface area contributed by atoms with Gasteiger partial charge in [-0.25, -0.2) is 0 Å². The molecular weight excluding hydrogens is 280 g/mol. The summed E-state index contributed by atoms with van der Waals surface area (Å²) in [6.07, 6.45) is 3.24. The number of nitrogens with one attached hydrogen (secondary N) is 3. The Bertz CT molecular complexity index is 762. The summed E-state index contributed by atoms with van der Waals surface area (Å²) >= 11 is 0. The number of hydrogen-bond donors (Lipinski definition) is 4. The van der Waals surface area contributed by atoms with Crippen LogP contribution in [0.25, 0.3) is 22.3 Å². The number of carbonyl (C=O) groups is 1. The second-order valence-electron chi connectivity index (χ2n) is 5.13. The van der Waals surface area contributed by atoms with Gasteiger partial charge in [0.25, 0.3) is 5.91 Å². The molecule has 22 heavy (non-hydrogen) atoms. The van der Waals surface area contributed by atoms with Crippen molar-refractivity contribution in [2.24, 2.45) is 0 Å². The van der Waals surface area contributed by atoms with E-state index in [9.17, 15) is 4.79 Å². The van der Waals surface area contributed by atoms with Crippen molar-refractivity contribution in [1.29, 1.82) is 0 Å². The molecule has 1 amide bonds. The minimum Gasteiger partial charge on any atom is -0.396 e. The second-order valence-corrected chi connectivity index (χ2v) is 5.13. The largest absolute Gasteiger partial charge is 0.396 e. The number of carbonyl (C=O) groups excluding carboxylic acids is 1. The Balaban J connectivity index is 1.76. The first kappa shape index (κ1) is 14.3. The zero-order valence-corrected chi connectivity index (χ0v) is 12.1. The van der Waals surface area contributed by atoms with E-state index in [4.69, 9.17) is 5.11 Å². The van der Waals surface area contributed by atoms with Crippen LogP contribution in [0, 0.1) is 0 Å². The zero-order chi connectivity index (χ0) is 15.4. The van der Waals surface area contributed by atoms with Crippen molar-refractivity contribution in [3.8, 4) is 11.4 Å². The van der Waals surface area contributed by atoms with E-state index in [1.54, 1.807) is 12.3 Å². The predicted octanol–water partition coefficient (Wildman–Crippen LogP) is 2.06. The molecule has 0 spiro atoms. The highest BCUT2D eigenvalue weighted by Gasteiger charge is 2.09. The third-order valence-electron chi connectivity index (χ3n) is 3.53. The number of unbranched alkanes of at least 4 members (excludes halogenated alkanes) is 1. The molecule has 0 radical (unpaired) electrons. The number of aliphatic hydroxyl groups is 1. The number of aromatic amines is 2. The van der Waals surface area contributed by atoms with E-state index in [-0.39, 0.29) is 12.5 Å². The van der Waals surface area contributed by atoms with E-state index in [0.717, 1.165) is 28.7 Å². The first-order chi connectivity index (χ1) is 10.8. The highest BCUT2D eigenvalue weighted by Crippen LogP contribution is 2.23. The van der Waals surface area contributed by atoms with Crippen LogP contribution in [0.2, 0.25) is 0 Å². The van der Waals surface area contributed by atoms with Gasteiger partial charge >= 0.3 is 0 Å². The Morgan fingerprint density at radius 2 is 2.14 bits per heavy atom. The SMILES string of the molecule is O=C(NCCCCO)c1ccc2[nH]c(-c3cc[nH]n3)cc2c1. The molecule has 0 aliphatic carbocycles. The van der Waals surface area contributed by atoms with Crippen LogP contribution in [0.1, 0.15) is 23.2 Å². The van der Waals surface area contributed by atoms with Crippen molar-refractivity contribution < 1.29 is 9.90 Å². The molecule has 0 saturated carbocycles. The molecule has 6 heteroatoms. The summed E-state index contributed by atoms with van der Waals surface area (Å²) in [5.41, 5.74) is 3.35. The van der Waals surface area contributed by atoms with Gasteiger partial charge in [-0.15, -0.1) is 0 Å². The molecule has 2 heterocycles. The van der Waals surface area contributed by atoms with E-state index in [1.807, 2.05) is 24.3 Å². The van der Waals surface area contributed by atoms with E-state index >= 15 is 0 Å². The van der Waals surface area contributed by atoms with Gasteiger partial charge in [0.05, 0.1) is 5.69 Å². The van der Waals surface area contributed by atoms with Crippen molar-refractivity contribution in [3.05, 3.63) is 42.1 Å². The molecule has 114 valence electrons. The summed E-state index contributed by atoms with van der Waals surface area (Å²) in [6, 6.07) is 9.43. The Kier molecular flexibility index (Phi) is 4.20. The number of amides is 1. The number of H-pyrrole nitrogens is 2. The third kappa shape index (κ3) is 3.01. The second kappa shape index (κ2) is 6.44. The fraction of sp³-hybridized carbons (Fsp3) is 0.250. The van der Waals surface area contributed by atoms with E-state index < -0.39 is 0 Å². The van der Waals surface area contributed by atoms with Gasteiger partial charge in [-0.3, -0.25) is 9.89 Å². The van der Waals surface area contributed by atoms with Crippen LogP contribution in [0.5, 0.6) is 0 Å². The molecule has 4 N–H and O–H groups in total. The quantitative estimate of drug-likeness (QED) is 0.525. The van der Waals surface area contributed by atoms with Crippen LogP contribution in [-0.2, 0) is 0 Å². The summed E-state index contributed by atoms with van der Waals surface area (Å²) in [5, 5.41) is 19.5. The van der Waals surface area contributed by atoms with E-state index in [1.165, 1.54) is 0 Å². The minimum atomic E-state index is -0.0950. The Hall–Kier alpha value is -2.60. The van der Waals surface area contributed by atoms with Crippen LogP contribution >= 0.6 is 0 Å². The molecule has 0 aliphatic rings. The summed E-state index contributed by atoms with van der Waals surface area (Å²) in [6.45, 7) is 0.726. The van der Waals surface area contributed by atoms with Crippen molar-refractivity contribution >= 4 is 16.8 Å². The van der Waals surface area contributed by atoms with Crippen molar-refractivity contribution in [3.63, 3.8) is 0 Å². The lowest BCUT2D eigenvalue weighted by molar-refractivity contribution is 0.0952. The van der Waals surface area contributed by atoms with E-state index in [0.29, 0.717) is 18.5 Å². The normalized spacial score (nSPS) is 11.0. The van der Waals surface area contributed by atoms with Gasteiger partial charge in [-0.1, -0.05) is 0 Å². The van der Waals surface area contributed by atoms with Gasteiger partial charge in [0, 0.05) is 35.8 Å². The monoisotopic (exact) mass is 298 g/mol. The zero-order valence-electron chi connectivity index (χ0n) is 12.1. The molecule has 0 aliphatic heterocycles. The molecule has 0 fully saturated rings. The Morgan fingerprint density at radius 3 is 2.91 bits per heavy atom. The first-order valence-corrected chi connectivity index (χ1v) is 7.30. The molecule has 1 aromatic carbocycles. The summed E-state index contributed by atoms with van der Waals surface area (Å²) in [5.74, 6) is -0.0950. The molecule has 0 atom stereocenters. The fourth-order valence-corrected chi connectivity index (χ4v) is 2.36. The predicted molar refractivity (Wildman–Crippen MR) is 84.5 cm³/mol. The number of nitrogens with zero attached hydrogens (tertiary/aromatic N) is 1. The molecular formula is C16H18N4O2. The van der Waals surface area contributed by atoms with Gasteiger partial charge < -0.3 is 15.4 Å². The lowest BCUT2D eigenvalue weighted by Gasteiger charge is -2.04. The maximum Gasteiger partial charge on any atom is 0.251 e. The van der Waals surface area contributed by atoms with Crippen LogP contribution in [0.3, 0.4) is 0 Å². The van der Waals surface area contributed by atoms with Gasteiger partial charge in [-0.05, 0) is 43.2 Å². The van der Waals surface area contributed by atoms with Gasteiger partial charge in [0.15, 0.2) is 0 Å². The molecule has 3 rings (SSSR count). The summed E-state index contributed by atoms with van der Waals surface area (Å²) in [7, 11) is 0. The average Bonchev–Trinajstić information content (AvgIpc) is 3.18. The van der Waals surface area contributed by atoms with Crippen molar-refractivity contribution in [2.75, 3.05) is 13.2 Å². The lowest BCUT2D eigenvalue weighted by atomic mass is 10.1. The number of aliphatic hydroxyl groups excluding tert-OH is 1. The lowest BCUT2D eigenvalue weighted by Crippen LogP contribution is -2.24. The third-order valence-corrected chi connectivity index (χ3v) is 3.53. The van der Waals surface area contributed by atoms with Crippen molar-refractivity contribution in [2.45, 2.75) is 12.8 Å². The molecule has 2 aromatic heterocycles. The molecule has 0 unspecified atom stereocenters. The van der Waals surface area contributed by atoms with Crippen LogP contribution in [0.4, 0.5) is 0 Å². The molecule has 0 bridgehead atoms. The first-order valence-electron chi connectivity index (χ1n) is 7.30. The van der Waals surface area contributed by atoms with Crippen LogP contribution in [0.15, 0.2) is 36.5 Å². The Morgan fingerprint density at radius 1 is 1.23 bits per heavy atom. The van der Waals surface area contributed by atoms with Crippen LogP contribution < -0.4 is 5.32 Å². The maximum atomic E-state index is 12.1. The minimum absolute atomic E-state index is 0.0950. The number of fused-ring (bicyclic) bond motifs is 1. The smallest absolute Gasteiger partial charge is 0.251 e. The molecule has 0 saturated heterocycles. The van der Waals surface area contributed by atoms with Gasteiger partial charge in [0.1, 0.15) is 5.69 Å². The number of benzene rings is 1. The number of aromatic nitrogens is 3. The molecule has 3 aromatic rings. The van der Waals surface area contributed by atoms with E-state index in [2.05, 4.69) is 20.5 Å². The summed E-state index contributed by atoms with van der Waals surface area (Å²) in [4.78, 5) is 15.4. The highest BCUT2D eigenvalue weighted by atomic mass is 16.2. The van der Waals surface area contributed by atoms with Crippen LogP contribution in [-0.4, -0.2) is 39.3 Å². The Labute approximate surface area is 127 Å². The molecule has 6 nitrogen and oxygen atoms in total. The van der Waals surface area contributed by atoms with Gasteiger partial charge in [-0.2, -0.15) is 5.10 Å². The van der Waals surface area contributed by atoms with Crippen molar-refractivity contribution in [1.82, 2.24) is 20.5 Å². The topological polar surface area (TPSA) is 93.8 Å². The average molecular weight is 298 g/mol. The fourth-order valence-electron chi connectivity index (χ4n) is 2.36. The number of hydrogen-bond acceptors (Lipinski definition) is 3. The summed E-state index contributed by atoms with van der Waals surface area (Å²) < 4.78 is 0. The standard InChI is InChI=1S/C16H18N4O2/c21-8-2-1-6-17-16(22)11-3-4-13-12(9-11)10-15(19-13)14-5-7-18-20-14/h3-5,7,9-10,19,21H,1-2,6,8H2,(H,17,22)(H,18,20).